The third-order valence-corrected chi connectivity index (χ3v) is 3.72. The van der Waals surface area contributed by atoms with Crippen LogP contribution < -0.4 is 10.1 Å². The predicted octanol–water partition coefficient (Wildman–Crippen LogP) is 5.15. The number of carbonyl (C=O) groups excluding carboxylic acids is 1. The Morgan fingerprint density at radius 3 is 2.62 bits per heavy atom. The number of anilines is 1. The van der Waals surface area contributed by atoms with Crippen LogP contribution in [0.3, 0.4) is 0 Å². The molecule has 0 saturated heterocycles. The number of hydrogen-bond donors (Lipinski definition) is 1. The molecule has 7 heteroatoms. The number of rotatable bonds is 6. The van der Waals surface area contributed by atoms with Gasteiger partial charge in [0.15, 0.2) is 0 Å². The van der Waals surface area contributed by atoms with E-state index in [4.69, 9.17) is 4.74 Å². The average Bonchev–Trinajstić information content (AvgIpc) is 2.54. The molecule has 0 saturated carbocycles. The summed E-state index contributed by atoms with van der Waals surface area (Å²) in [6.45, 7) is 5.92. The first-order valence-electron chi connectivity index (χ1n) is 8.32. The molecular weight excluding hydrogens is 345 g/mol. The van der Waals surface area contributed by atoms with Gasteiger partial charge in [-0.15, -0.1) is 0 Å². The van der Waals surface area contributed by atoms with E-state index in [1.54, 1.807) is 19.9 Å². The smallest absolute Gasteiger partial charge is 0.416 e. The fraction of sp³-hybridized carbons (Fsp3) is 0.368. The lowest BCUT2D eigenvalue weighted by Crippen LogP contribution is -2.17. The minimum absolute atomic E-state index is 0.0595. The van der Waals surface area contributed by atoms with E-state index >= 15 is 0 Å². The second-order valence-electron chi connectivity index (χ2n) is 5.96. The van der Waals surface area contributed by atoms with Crippen LogP contribution in [0, 0.1) is 13.8 Å². The van der Waals surface area contributed by atoms with Crippen LogP contribution in [0.2, 0.25) is 0 Å². The van der Waals surface area contributed by atoms with Gasteiger partial charge in [-0.25, -0.2) is 0 Å². The van der Waals surface area contributed by atoms with E-state index < -0.39 is 17.6 Å². The number of aromatic nitrogens is 1. The Bertz CT molecular complexity index is 789. The average molecular weight is 366 g/mol. The largest absolute Gasteiger partial charge is 0.493 e. The fourth-order valence-corrected chi connectivity index (χ4v) is 2.48. The highest BCUT2D eigenvalue weighted by molar-refractivity contribution is 6.07. The molecule has 0 aliphatic rings. The normalized spacial score (nSPS) is 11.3. The molecule has 140 valence electrons. The van der Waals surface area contributed by atoms with Crippen molar-refractivity contribution in [1.82, 2.24) is 4.98 Å². The number of halogens is 3. The van der Waals surface area contributed by atoms with E-state index in [2.05, 4.69) is 10.3 Å². The minimum Gasteiger partial charge on any atom is -0.493 e. The SMILES string of the molecule is CCCCOc1cc(C)nc(C)c1C(=O)Nc1cccc(C(F)(F)F)c1. The van der Waals surface area contributed by atoms with Crippen molar-refractivity contribution in [3.63, 3.8) is 0 Å². The monoisotopic (exact) mass is 366 g/mol. The Kier molecular flexibility index (Phi) is 6.23. The first kappa shape index (κ1) is 19.8. The summed E-state index contributed by atoms with van der Waals surface area (Å²) in [5.41, 5.74) is 0.618. The van der Waals surface area contributed by atoms with E-state index in [9.17, 15) is 18.0 Å². The number of nitrogens with one attached hydrogen (secondary N) is 1. The standard InChI is InChI=1S/C19H21F3N2O2/c1-4-5-9-26-16-10-12(2)23-13(3)17(16)18(25)24-15-8-6-7-14(11-15)19(20,21)22/h6-8,10-11H,4-5,9H2,1-3H3,(H,24,25). The van der Waals surface area contributed by atoms with Crippen molar-refractivity contribution in [3.8, 4) is 5.75 Å². The van der Waals surface area contributed by atoms with Gasteiger partial charge in [-0.2, -0.15) is 13.2 Å². The van der Waals surface area contributed by atoms with Crippen molar-refractivity contribution in [3.05, 3.63) is 52.8 Å². The van der Waals surface area contributed by atoms with Crippen LogP contribution in [0.4, 0.5) is 18.9 Å². The van der Waals surface area contributed by atoms with Gasteiger partial charge in [-0.05, 0) is 38.5 Å². The zero-order chi connectivity index (χ0) is 19.3. The van der Waals surface area contributed by atoms with E-state index in [1.165, 1.54) is 12.1 Å². The second-order valence-corrected chi connectivity index (χ2v) is 5.96. The molecule has 0 fully saturated rings. The third kappa shape index (κ3) is 4.97. The molecule has 1 heterocycles. The summed E-state index contributed by atoms with van der Waals surface area (Å²) in [6.07, 6.45) is -2.71. The van der Waals surface area contributed by atoms with Gasteiger partial charge < -0.3 is 10.1 Å². The van der Waals surface area contributed by atoms with Crippen molar-refractivity contribution < 1.29 is 22.7 Å². The summed E-state index contributed by atoms with van der Waals surface area (Å²) in [6, 6.07) is 6.16. The molecule has 2 aromatic rings. The molecule has 0 unspecified atom stereocenters. The number of nitrogens with zero attached hydrogens (tertiary/aromatic N) is 1. The number of aryl methyl sites for hydroxylation is 2. The van der Waals surface area contributed by atoms with Gasteiger partial charge in [0.1, 0.15) is 11.3 Å². The van der Waals surface area contributed by atoms with Gasteiger partial charge >= 0.3 is 6.18 Å². The highest BCUT2D eigenvalue weighted by atomic mass is 19.4. The van der Waals surface area contributed by atoms with Crippen LogP contribution >= 0.6 is 0 Å². The first-order chi connectivity index (χ1) is 12.2. The van der Waals surface area contributed by atoms with Crippen molar-refractivity contribution >= 4 is 11.6 Å². The molecule has 0 radical (unpaired) electrons. The lowest BCUT2D eigenvalue weighted by atomic mass is 10.1. The molecule has 1 amide bonds. The third-order valence-electron chi connectivity index (χ3n) is 3.72. The summed E-state index contributed by atoms with van der Waals surface area (Å²) in [4.78, 5) is 16.9. The number of ether oxygens (including phenoxy) is 1. The van der Waals surface area contributed by atoms with Crippen LogP contribution in [0.25, 0.3) is 0 Å². The second kappa shape index (κ2) is 8.21. The summed E-state index contributed by atoms with van der Waals surface area (Å²) >= 11 is 0. The maximum Gasteiger partial charge on any atom is 0.416 e. The molecule has 0 aliphatic heterocycles. The minimum atomic E-state index is -4.48. The molecule has 4 nitrogen and oxygen atoms in total. The summed E-state index contributed by atoms with van der Waals surface area (Å²) in [5.74, 6) is -0.172. The van der Waals surface area contributed by atoms with E-state index in [-0.39, 0.29) is 11.3 Å². The van der Waals surface area contributed by atoms with Crippen LogP contribution in [0.5, 0.6) is 5.75 Å². The number of pyridine rings is 1. The molecule has 1 aromatic heterocycles. The number of unbranched alkanes of at least 4 members (excludes halogenated alkanes) is 1. The Hall–Kier alpha value is -2.57. The number of carbonyl (C=O) groups is 1. The molecule has 0 spiro atoms. The van der Waals surface area contributed by atoms with Gasteiger partial charge in [0.2, 0.25) is 0 Å². The lowest BCUT2D eigenvalue weighted by Gasteiger charge is -2.15. The van der Waals surface area contributed by atoms with Crippen LogP contribution in [0.1, 0.15) is 47.1 Å². The molecule has 2 rings (SSSR count). The summed E-state index contributed by atoms with van der Waals surface area (Å²) < 4.78 is 44.2. The van der Waals surface area contributed by atoms with Crippen molar-refractivity contribution in [2.24, 2.45) is 0 Å². The van der Waals surface area contributed by atoms with Gasteiger partial charge in [-0.3, -0.25) is 9.78 Å². The van der Waals surface area contributed by atoms with Crippen LogP contribution in [-0.2, 0) is 6.18 Å². The fourth-order valence-electron chi connectivity index (χ4n) is 2.48. The first-order valence-corrected chi connectivity index (χ1v) is 8.32. The lowest BCUT2D eigenvalue weighted by molar-refractivity contribution is -0.137. The summed E-state index contributed by atoms with van der Waals surface area (Å²) in [5, 5.41) is 2.50. The molecule has 0 bridgehead atoms. The topological polar surface area (TPSA) is 51.2 Å². The zero-order valence-corrected chi connectivity index (χ0v) is 14.9. The van der Waals surface area contributed by atoms with Crippen LogP contribution in [-0.4, -0.2) is 17.5 Å². The Morgan fingerprint density at radius 2 is 1.96 bits per heavy atom. The van der Waals surface area contributed by atoms with Gasteiger partial charge in [-0.1, -0.05) is 19.4 Å². The molecule has 1 aromatic carbocycles. The maximum absolute atomic E-state index is 12.8. The molecular formula is C19H21F3N2O2. The molecule has 1 N–H and O–H groups in total. The van der Waals surface area contributed by atoms with Crippen molar-refractivity contribution in [2.75, 3.05) is 11.9 Å². The van der Waals surface area contributed by atoms with Crippen LogP contribution in [0.15, 0.2) is 30.3 Å². The molecule has 0 aliphatic carbocycles. The quantitative estimate of drug-likeness (QED) is 0.720. The molecule has 26 heavy (non-hydrogen) atoms. The van der Waals surface area contributed by atoms with Gasteiger partial charge in [0, 0.05) is 17.4 Å². The highest BCUT2D eigenvalue weighted by Gasteiger charge is 2.30. The van der Waals surface area contributed by atoms with Crippen molar-refractivity contribution in [1.29, 1.82) is 0 Å². The number of amides is 1. The zero-order valence-electron chi connectivity index (χ0n) is 14.9. The summed E-state index contributed by atoms with van der Waals surface area (Å²) in [7, 11) is 0. The number of benzene rings is 1. The number of alkyl halides is 3. The van der Waals surface area contributed by atoms with E-state index in [0.717, 1.165) is 25.0 Å². The Labute approximate surface area is 150 Å². The van der Waals surface area contributed by atoms with Gasteiger partial charge in [0.25, 0.3) is 5.91 Å². The molecule has 0 atom stereocenters. The van der Waals surface area contributed by atoms with E-state index in [1.807, 2.05) is 6.92 Å². The Balaban J connectivity index is 2.29. The number of hydrogen-bond acceptors (Lipinski definition) is 3. The van der Waals surface area contributed by atoms with Crippen molar-refractivity contribution in [2.45, 2.75) is 39.8 Å². The highest BCUT2D eigenvalue weighted by Crippen LogP contribution is 2.31. The predicted molar refractivity (Wildman–Crippen MR) is 93.5 cm³/mol. The van der Waals surface area contributed by atoms with E-state index in [0.29, 0.717) is 23.7 Å². The Morgan fingerprint density at radius 1 is 1.23 bits per heavy atom. The van der Waals surface area contributed by atoms with Gasteiger partial charge in [0.05, 0.1) is 17.9 Å². The maximum atomic E-state index is 12.8.